The zero-order valence-corrected chi connectivity index (χ0v) is 13.2. The summed E-state index contributed by atoms with van der Waals surface area (Å²) in [5.41, 5.74) is 1.53. The number of anilines is 1. The van der Waals surface area contributed by atoms with Crippen molar-refractivity contribution < 1.29 is 9.59 Å². The van der Waals surface area contributed by atoms with Gasteiger partial charge in [0.25, 0.3) is 5.91 Å². The van der Waals surface area contributed by atoms with Gasteiger partial charge in [0.15, 0.2) is 0 Å². The van der Waals surface area contributed by atoms with Crippen molar-refractivity contribution in [2.24, 2.45) is 0 Å². The number of rotatable bonds is 4. The third kappa shape index (κ3) is 1.98. The van der Waals surface area contributed by atoms with Gasteiger partial charge in [0, 0.05) is 24.0 Å². The molecule has 1 aliphatic heterocycles. The van der Waals surface area contributed by atoms with Crippen LogP contribution >= 0.6 is 0 Å². The molecule has 4 nitrogen and oxygen atoms in total. The van der Waals surface area contributed by atoms with Crippen LogP contribution in [0.15, 0.2) is 36.4 Å². The van der Waals surface area contributed by atoms with E-state index in [9.17, 15) is 9.59 Å². The smallest absolute Gasteiger partial charge is 0.259 e. The second-order valence-corrected chi connectivity index (χ2v) is 5.54. The fraction of sp³-hybridized carbons (Fsp3) is 0.333. The number of carbonyl (C=O) groups excluding carboxylic acids is 2. The predicted molar refractivity (Wildman–Crippen MR) is 88.1 cm³/mol. The summed E-state index contributed by atoms with van der Waals surface area (Å²) in [7, 11) is 0. The topological polar surface area (TPSA) is 40.6 Å². The number of amides is 2. The fourth-order valence-corrected chi connectivity index (χ4v) is 3.23. The molecule has 0 N–H and O–H groups in total. The molecule has 0 unspecified atom stereocenters. The van der Waals surface area contributed by atoms with E-state index in [1.54, 1.807) is 9.80 Å². The van der Waals surface area contributed by atoms with Crippen LogP contribution in [0.2, 0.25) is 0 Å². The maximum atomic E-state index is 12.8. The van der Waals surface area contributed by atoms with Gasteiger partial charge in [0.1, 0.15) is 6.04 Å². The quantitative estimate of drug-likeness (QED) is 0.870. The lowest BCUT2D eigenvalue weighted by Crippen LogP contribution is -2.48. The summed E-state index contributed by atoms with van der Waals surface area (Å²) < 4.78 is 0. The Bertz CT molecular complexity index is 745. The monoisotopic (exact) mass is 296 g/mol. The van der Waals surface area contributed by atoms with Crippen molar-refractivity contribution >= 4 is 28.3 Å². The highest BCUT2D eigenvalue weighted by Gasteiger charge is 2.36. The Hall–Kier alpha value is -2.36. The van der Waals surface area contributed by atoms with Crippen LogP contribution in [-0.2, 0) is 4.79 Å². The van der Waals surface area contributed by atoms with Gasteiger partial charge in [-0.05, 0) is 38.3 Å². The van der Waals surface area contributed by atoms with Gasteiger partial charge in [-0.15, -0.1) is 0 Å². The number of hydrogen-bond donors (Lipinski definition) is 0. The highest BCUT2D eigenvalue weighted by Crippen LogP contribution is 2.38. The Labute approximate surface area is 130 Å². The second-order valence-electron chi connectivity index (χ2n) is 5.54. The molecule has 2 amide bonds. The molecule has 1 atom stereocenters. The summed E-state index contributed by atoms with van der Waals surface area (Å²) in [6.07, 6.45) is 0. The minimum Gasteiger partial charge on any atom is -0.341 e. The minimum atomic E-state index is -0.495. The standard InChI is InChI=1S/C18H20N2O2/c1-4-19(5-2)17(21)12(3)20-15-11-7-9-13-8-6-10-14(16(13)15)18(20)22/h6-12H,4-5H2,1-3H3/t12-/m0/s1. The van der Waals surface area contributed by atoms with Gasteiger partial charge in [-0.1, -0.05) is 24.3 Å². The maximum absolute atomic E-state index is 12.8. The first-order valence-electron chi connectivity index (χ1n) is 7.74. The van der Waals surface area contributed by atoms with Crippen LogP contribution in [0.5, 0.6) is 0 Å². The molecule has 3 rings (SSSR count). The van der Waals surface area contributed by atoms with Crippen molar-refractivity contribution in [2.45, 2.75) is 26.8 Å². The third-order valence-electron chi connectivity index (χ3n) is 4.41. The summed E-state index contributed by atoms with van der Waals surface area (Å²) in [6.45, 7) is 7.02. The van der Waals surface area contributed by atoms with Crippen LogP contribution < -0.4 is 4.90 Å². The van der Waals surface area contributed by atoms with Crippen LogP contribution in [0.3, 0.4) is 0 Å². The van der Waals surface area contributed by atoms with Crippen molar-refractivity contribution in [3.8, 4) is 0 Å². The Morgan fingerprint density at radius 1 is 1.14 bits per heavy atom. The Morgan fingerprint density at radius 2 is 1.77 bits per heavy atom. The van der Waals surface area contributed by atoms with Crippen LogP contribution in [0, 0.1) is 0 Å². The van der Waals surface area contributed by atoms with Crippen molar-refractivity contribution in [3.05, 3.63) is 42.0 Å². The molecule has 22 heavy (non-hydrogen) atoms. The van der Waals surface area contributed by atoms with Gasteiger partial charge >= 0.3 is 0 Å². The molecule has 0 aromatic heterocycles. The first-order valence-corrected chi connectivity index (χ1v) is 7.74. The van der Waals surface area contributed by atoms with Gasteiger partial charge in [0.05, 0.1) is 5.69 Å². The van der Waals surface area contributed by atoms with Gasteiger partial charge in [-0.3, -0.25) is 14.5 Å². The summed E-state index contributed by atoms with van der Waals surface area (Å²) in [5, 5.41) is 1.99. The molecule has 1 heterocycles. The second kappa shape index (κ2) is 5.44. The molecule has 114 valence electrons. The van der Waals surface area contributed by atoms with Crippen molar-refractivity contribution in [1.29, 1.82) is 0 Å². The average Bonchev–Trinajstić information content (AvgIpc) is 2.83. The van der Waals surface area contributed by atoms with Gasteiger partial charge in [0.2, 0.25) is 5.91 Å². The van der Waals surface area contributed by atoms with Gasteiger partial charge < -0.3 is 4.90 Å². The number of likely N-dealkylation sites (N-methyl/N-ethyl adjacent to an activating group) is 1. The molecular weight excluding hydrogens is 276 g/mol. The zero-order chi connectivity index (χ0) is 15.9. The molecule has 1 aliphatic rings. The van der Waals surface area contributed by atoms with Crippen LogP contribution in [0.1, 0.15) is 31.1 Å². The number of nitrogens with zero attached hydrogens (tertiary/aromatic N) is 2. The highest BCUT2D eigenvalue weighted by molar-refractivity contribution is 6.26. The Kier molecular flexibility index (Phi) is 3.61. The predicted octanol–water partition coefficient (Wildman–Crippen LogP) is 3.06. The van der Waals surface area contributed by atoms with E-state index in [0.717, 1.165) is 16.5 Å². The maximum Gasteiger partial charge on any atom is 0.259 e. The lowest BCUT2D eigenvalue weighted by Gasteiger charge is -2.29. The molecular formula is C18H20N2O2. The third-order valence-corrected chi connectivity index (χ3v) is 4.41. The molecule has 0 radical (unpaired) electrons. The number of benzene rings is 2. The summed E-state index contributed by atoms with van der Waals surface area (Å²) >= 11 is 0. The van der Waals surface area contributed by atoms with Crippen LogP contribution in [0.25, 0.3) is 10.8 Å². The molecule has 0 aliphatic carbocycles. The minimum absolute atomic E-state index is 0.0110. The highest BCUT2D eigenvalue weighted by atomic mass is 16.2. The van der Waals surface area contributed by atoms with E-state index in [1.165, 1.54) is 0 Å². The summed E-state index contributed by atoms with van der Waals surface area (Å²) in [4.78, 5) is 28.8. The molecule has 0 spiro atoms. The van der Waals surface area contributed by atoms with E-state index in [2.05, 4.69) is 0 Å². The van der Waals surface area contributed by atoms with Crippen LogP contribution in [0.4, 0.5) is 5.69 Å². The van der Waals surface area contributed by atoms with Crippen molar-refractivity contribution in [2.75, 3.05) is 18.0 Å². The molecule has 4 heteroatoms. The first kappa shape index (κ1) is 14.6. The lowest BCUT2D eigenvalue weighted by molar-refractivity contribution is -0.131. The molecule has 0 fully saturated rings. The molecule has 0 saturated carbocycles. The number of hydrogen-bond acceptors (Lipinski definition) is 2. The molecule has 0 saturated heterocycles. The van der Waals surface area contributed by atoms with E-state index >= 15 is 0 Å². The van der Waals surface area contributed by atoms with E-state index in [1.807, 2.05) is 57.2 Å². The van der Waals surface area contributed by atoms with E-state index in [0.29, 0.717) is 18.7 Å². The van der Waals surface area contributed by atoms with E-state index < -0.39 is 6.04 Å². The van der Waals surface area contributed by atoms with E-state index in [4.69, 9.17) is 0 Å². The summed E-state index contributed by atoms with van der Waals surface area (Å²) in [6, 6.07) is 11.1. The van der Waals surface area contributed by atoms with Crippen LogP contribution in [-0.4, -0.2) is 35.8 Å². The fourth-order valence-electron chi connectivity index (χ4n) is 3.23. The van der Waals surface area contributed by atoms with E-state index in [-0.39, 0.29) is 11.8 Å². The van der Waals surface area contributed by atoms with Crippen molar-refractivity contribution in [3.63, 3.8) is 0 Å². The van der Waals surface area contributed by atoms with Gasteiger partial charge in [-0.2, -0.15) is 0 Å². The molecule has 2 aromatic rings. The average molecular weight is 296 g/mol. The lowest BCUT2D eigenvalue weighted by atomic mass is 10.1. The normalized spacial score (nSPS) is 14.5. The number of carbonyl (C=O) groups is 2. The van der Waals surface area contributed by atoms with Gasteiger partial charge in [-0.25, -0.2) is 0 Å². The SMILES string of the molecule is CCN(CC)C(=O)[C@H](C)N1C(=O)c2cccc3cccc1c23. The molecule has 0 bridgehead atoms. The Balaban J connectivity index is 2.06. The zero-order valence-electron chi connectivity index (χ0n) is 13.2. The first-order chi connectivity index (χ1) is 10.6. The summed E-state index contributed by atoms with van der Waals surface area (Å²) in [5.74, 6) is -0.0945. The largest absolute Gasteiger partial charge is 0.341 e. The van der Waals surface area contributed by atoms with Crippen molar-refractivity contribution in [1.82, 2.24) is 4.90 Å². The Morgan fingerprint density at radius 3 is 2.41 bits per heavy atom. The molecule has 2 aromatic carbocycles.